The van der Waals surface area contributed by atoms with Gasteiger partial charge in [0.25, 0.3) is 0 Å². The average Bonchev–Trinajstić information content (AvgIpc) is 2.22. The molecule has 0 fully saturated rings. The molecule has 10 heteroatoms. The number of halogens is 3. The van der Waals surface area contributed by atoms with Gasteiger partial charge in [-0.15, -0.1) is 0 Å². The number of rotatable bonds is 2. The monoisotopic (exact) mass is 273 g/mol. The Labute approximate surface area is 138 Å². The Morgan fingerprint density at radius 2 is 1.71 bits per heavy atom. The van der Waals surface area contributed by atoms with E-state index in [-0.39, 0.29) is 52.8 Å². The second-order valence-corrected chi connectivity index (χ2v) is 2.55. The first-order valence-electron chi connectivity index (χ1n) is 3.72. The third kappa shape index (κ3) is 3.35. The number of aromatic hydroxyl groups is 1. The Balaban J connectivity index is 0. The van der Waals surface area contributed by atoms with Gasteiger partial charge in [0, 0.05) is 0 Å². The fourth-order valence-corrected chi connectivity index (χ4v) is 0.942. The van der Waals surface area contributed by atoms with E-state index in [1.807, 2.05) is 0 Å². The number of hydrogen-bond donors (Lipinski definition) is 3. The van der Waals surface area contributed by atoms with E-state index in [2.05, 4.69) is 4.65 Å². The van der Waals surface area contributed by atoms with E-state index in [9.17, 15) is 13.2 Å². The van der Waals surface area contributed by atoms with Gasteiger partial charge in [-0.3, -0.25) is 0 Å². The first-order chi connectivity index (χ1) is 7.40. The third-order valence-electron chi connectivity index (χ3n) is 1.59. The van der Waals surface area contributed by atoms with Gasteiger partial charge in [0.1, 0.15) is 11.6 Å². The number of hydrogen-bond acceptors (Lipinski definition) is 5. The molecule has 17 heavy (non-hydrogen) atoms. The molecule has 86 valence electrons. The third-order valence-corrected chi connectivity index (χ3v) is 1.59. The van der Waals surface area contributed by atoms with Crippen molar-refractivity contribution in [3.63, 3.8) is 0 Å². The maximum atomic E-state index is 13.0. The quantitative estimate of drug-likeness (QED) is 0.398. The SMILES string of the molecule is N#Cc1c(O)c(OB(O)O)c(F)c(F)c1F.[H-].[K+]. The zero-order valence-electron chi connectivity index (χ0n) is 9.41. The van der Waals surface area contributed by atoms with Crippen LogP contribution in [0.5, 0.6) is 11.5 Å². The van der Waals surface area contributed by atoms with Crippen molar-refractivity contribution >= 4 is 7.32 Å². The van der Waals surface area contributed by atoms with Crippen LogP contribution in [0.15, 0.2) is 0 Å². The molecule has 0 aliphatic heterocycles. The summed E-state index contributed by atoms with van der Waals surface area (Å²) in [5.74, 6) is -8.64. The Morgan fingerprint density at radius 1 is 1.18 bits per heavy atom. The zero-order chi connectivity index (χ0) is 12.5. The largest absolute Gasteiger partial charge is 1.00 e. The van der Waals surface area contributed by atoms with E-state index >= 15 is 0 Å². The number of nitriles is 1. The van der Waals surface area contributed by atoms with Crippen LogP contribution >= 0.6 is 0 Å². The van der Waals surface area contributed by atoms with Crippen molar-refractivity contribution in [3.8, 4) is 17.6 Å². The minimum Gasteiger partial charge on any atom is -1.00 e. The van der Waals surface area contributed by atoms with Crippen LogP contribution in [0.4, 0.5) is 13.2 Å². The number of phenols is 1. The molecule has 0 aliphatic carbocycles. The molecular formula is C7H4BF3KNO4. The predicted molar refractivity (Wildman–Crippen MR) is 44.6 cm³/mol. The molecule has 0 saturated carbocycles. The summed E-state index contributed by atoms with van der Waals surface area (Å²) < 4.78 is 42.5. The van der Waals surface area contributed by atoms with Crippen LogP contribution in [0.1, 0.15) is 6.99 Å². The van der Waals surface area contributed by atoms with Gasteiger partial charge in [0.2, 0.25) is 5.82 Å². The smallest absolute Gasteiger partial charge is 1.00 e. The minimum absolute atomic E-state index is 0. The molecule has 1 aromatic rings. The second-order valence-electron chi connectivity index (χ2n) is 2.55. The molecule has 0 unspecified atom stereocenters. The molecule has 1 rings (SSSR count). The molecule has 0 atom stereocenters. The summed E-state index contributed by atoms with van der Waals surface area (Å²) in [6.45, 7) is 0. The van der Waals surface area contributed by atoms with Gasteiger partial charge in [-0.25, -0.2) is 8.78 Å². The Morgan fingerprint density at radius 3 is 2.12 bits per heavy atom. The molecule has 5 nitrogen and oxygen atoms in total. The molecule has 1 aromatic carbocycles. The molecule has 0 spiro atoms. The van der Waals surface area contributed by atoms with Crippen LogP contribution in [0, 0.1) is 28.8 Å². The predicted octanol–water partition coefficient (Wildman–Crippen LogP) is -2.85. The van der Waals surface area contributed by atoms with E-state index < -0.39 is 41.8 Å². The molecule has 0 bridgehead atoms. The molecular weight excluding hydrogens is 269 g/mol. The van der Waals surface area contributed by atoms with Crippen LogP contribution in [0.25, 0.3) is 0 Å². The van der Waals surface area contributed by atoms with Gasteiger partial charge in [0.05, 0.1) is 0 Å². The molecule has 0 radical (unpaired) electrons. The van der Waals surface area contributed by atoms with Crippen molar-refractivity contribution in [2.75, 3.05) is 0 Å². The summed E-state index contributed by atoms with van der Waals surface area (Å²) in [6, 6.07) is 1.07. The van der Waals surface area contributed by atoms with E-state index in [1.165, 1.54) is 0 Å². The van der Waals surface area contributed by atoms with Crippen molar-refractivity contribution in [1.29, 1.82) is 5.26 Å². The van der Waals surface area contributed by atoms with Crippen molar-refractivity contribution in [2.45, 2.75) is 0 Å². The van der Waals surface area contributed by atoms with E-state index in [0.29, 0.717) is 0 Å². The van der Waals surface area contributed by atoms with Crippen LogP contribution in [0.2, 0.25) is 0 Å². The van der Waals surface area contributed by atoms with Gasteiger partial charge in [-0.2, -0.15) is 9.65 Å². The van der Waals surface area contributed by atoms with Gasteiger partial charge in [-0.1, -0.05) is 0 Å². The van der Waals surface area contributed by atoms with Crippen molar-refractivity contribution < 1.29 is 85.8 Å². The Kier molecular flexibility index (Phi) is 6.49. The molecule has 0 aromatic heterocycles. The normalized spacial score (nSPS) is 9.18. The summed E-state index contributed by atoms with van der Waals surface area (Å²) in [5.41, 5.74) is -1.20. The van der Waals surface area contributed by atoms with Crippen LogP contribution < -0.4 is 56.0 Å². The van der Waals surface area contributed by atoms with Gasteiger partial charge >= 0.3 is 58.7 Å². The Bertz CT molecular complexity index is 485. The van der Waals surface area contributed by atoms with E-state index in [0.717, 1.165) is 6.07 Å². The Hall–Kier alpha value is -0.279. The van der Waals surface area contributed by atoms with E-state index in [4.69, 9.17) is 20.4 Å². The van der Waals surface area contributed by atoms with Gasteiger partial charge in [0.15, 0.2) is 23.1 Å². The van der Waals surface area contributed by atoms with Gasteiger partial charge < -0.3 is 21.2 Å². The number of phenolic OH excluding ortho intramolecular Hbond substituents is 1. The van der Waals surface area contributed by atoms with Crippen molar-refractivity contribution in [2.24, 2.45) is 0 Å². The topological polar surface area (TPSA) is 93.7 Å². The fraction of sp³-hybridized carbons (Fsp3) is 0. The second kappa shape index (κ2) is 6.60. The first kappa shape index (κ1) is 16.7. The van der Waals surface area contributed by atoms with Crippen molar-refractivity contribution in [3.05, 3.63) is 23.0 Å². The molecule has 3 N–H and O–H groups in total. The van der Waals surface area contributed by atoms with E-state index in [1.54, 1.807) is 0 Å². The summed E-state index contributed by atoms with van der Waals surface area (Å²) in [4.78, 5) is 0. The maximum Gasteiger partial charge on any atom is 1.00 e. The fourth-order valence-electron chi connectivity index (χ4n) is 0.942. The molecule has 0 heterocycles. The van der Waals surface area contributed by atoms with Crippen LogP contribution in [-0.4, -0.2) is 22.5 Å². The van der Waals surface area contributed by atoms with Gasteiger partial charge in [-0.05, 0) is 0 Å². The molecule has 0 amide bonds. The summed E-state index contributed by atoms with van der Waals surface area (Å²) in [5, 5.41) is 34.1. The number of benzene rings is 1. The first-order valence-corrected chi connectivity index (χ1v) is 3.72. The number of nitrogens with zero attached hydrogens (tertiary/aromatic N) is 1. The summed E-state index contributed by atoms with van der Waals surface area (Å²) in [7, 11) is -2.56. The van der Waals surface area contributed by atoms with Crippen LogP contribution in [0.3, 0.4) is 0 Å². The molecule has 0 aliphatic rings. The van der Waals surface area contributed by atoms with Crippen LogP contribution in [-0.2, 0) is 0 Å². The maximum absolute atomic E-state index is 13.0. The minimum atomic E-state index is -2.56. The standard InChI is InChI=1S/C7H3BF3NO4.K.H/c9-3-2(1-12)6(13)7(16-8(14)15)5(11)4(3)10;;/h13-15H;;/q;+1;-1. The zero-order valence-corrected chi connectivity index (χ0v) is 11.5. The van der Waals surface area contributed by atoms with Crippen molar-refractivity contribution in [1.82, 2.24) is 0 Å². The molecule has 0 saturated heterocycles. The summed E-state index contributed by atoms with van der Waals surface area (Å²) >= 11 is 0. The summed E-state index contributed by atoms with van der Waals surface area (Å²) in [6.07, 6.45) is 0. The average molecular weight is 273 g/mol.